The van der Waals surface area contributed by atoms with Gasteiger partial charge in [0.1, 0.15) is 5.65 Å². The highest BCUT2D eigenvalue weighted by Crippen LogP contribution is 2.31. The summed E-state index contributed by atoms with van der Waals surface area (Å²) >= 11 is 2.04. The number of rotatable bonds is 1. The lowest BCUT2D eigenvalue weighted by Crippen LogP contribution is -1.95. The van der Waals surface area contributed by atoms with Crippen LogP contribution in [-0.4, -0.2) is 20.9 Å². The second-order valence-electron chi connectivity index (χ2n) is 3.69. The summed E-state index contributed by atoms with van der Waals surface area (Å²) in [5, 5.41) is 0. The lowest BCUT2D eigenvalue weighted by Gasteiger charge is -2.01. The van der Waals surface area contributed by atoms with Gasteiger partial charge in [-0.05, 0) is 24.3 Å². The normalized spacial score (nSPS) is 21.9. The summed E-state index contributed by atoms with van der Waals surface area (Å²) in [6.07, 6.45) is 5.52. The van der Waals surface area contributed by atoms with Crippen LogP contribution in [0.1, 0.15) is 18.0 Å². The Labute approximate surface area is 87.3 Å². The van der Waals surface area contributed by atoms with E-state index in [2.05, 4.69) is 27.8 Å². The summed E-state index contributed by atoms with van der Waals surface area (Å²) in [5.41, 5.74) is 2.33. The van der Waals surface area contributed by atoms with Crippen molar-refractivity contribution in [2.24, 2.45) is 0 Å². The Hall–Kier alpha value is -0.960. The maximum Gasteiger partial charge on any atom is 0.136 e. The molecule has 3 heterocycles. The van der Waals surface area contributed by atoms with Crippen LogP contribution in [0.15, 0.2) is 30.6 Å². The van der Waals surface area contributed by atoms with Crippen molar-refractivity contribution in [2.45, 2.75) is 12.3 Å². The van der Waals surface area contributed by atoms with Crippen LogP contribution in [0.2, 0.25) is 0 Å². The molecule has 1 aliphatic heterocycles. The van der Waals surface area contributed by atoms with E-state index in [1.807, 2.05) is 23.9 Å². The molecule has 1 atom stereocenters. The highest BCUT2D eigenvalue weighted by Gasteiger charge is 2.19. The minimum Gasteiger partial charge on any atom is -0.307 e. The van der Waals surface area contributed by atoms with E-state index >= 15 is 0 Å². The lowest BCUT2D eigenvalue weighted by molar-refractivity contribution is 0.759. The van der Waals surface area contributed by atoms with E-state index in [1.54, 1.807) is 0 Å². The molecule has 3 heteroatoms. The zero-order valence-corrected chi connectivity index (χ0v) is 8.70. The SMILES string of the molecule is c1ccn2cc(C3CCSC3)nc2c1. The van der Waals surface area contributed by atoms with Crippen LogP contribution >= 0.6 is 11.8 Å². The highest BCUT2D eigenvalue weighted by atomic mass is 32.2. The molecule has 2 nitrogen and oxygen atoms in total. The number of imidazole rings is 1. The van der Waals surface area contributed by atoms with Gasteiger partial charge in [-0.2, -0.15) is 11.8 Å². The molecule has 0 N–H and O–H groups in total. The van der Waals surface area contributed by atoms with Gasteiger partial charge in [-0.15, -0.1) is 0 Å². The van der Waals surface area contributed by atoms with E-state index < -0.39 is 0 Å². The van der Waals surface area contributed by atoms with E-state index in [0.717, 1.165) is 5.65 Å². The molecule has 1 fully saturated rings. The Morgan fingerprint density at radius 3 is 3.21 bits per heavy atom. The van der Waals surface area contributed by atoms with Crippen molar-refractivity contribution in [3.63, 3.8) is 0 Å². The summed E-state index contributed by atoms with van der Waals surface area (Å²) in [6, 6.07) is 6.14. The molecular formula is C11H12N2S. The summed E-state index contributed by atoms with van der Waals surface area (Å²) in [4.78, 5) is 4.64. The second-order valence-corrected chi connectivity index (χ2v) is 4.84. The minimum absolute atomic E-state index is 0.680. The molecular weight excluding hydrogens is 192 g/mol. The van der Waals surface area contributed by atoms with Crippen molar-refractivity contribution in [1.29, 1.82) is 0 Å². The molecule has 3 rings (SSSR count). The first-order chi connectivity index (χ1) is 6.93. The molecule has 1 saturated heterocycles. The van der Waals surface area contributed by atoms with Crippen LogP contribution in [0.3, 0.4) is 0 Å². The van der Waals surface area contributed by atoms with Crippen LogP contribution in [0.5, 0.6) is 0 Å². The number of nitrogens with zero attached hydrogens (tertiary/aromatic N) is 2. The fourth-order valence-corrected chi connectivity index (χ4v) is 3.16. The van der Waals surface area contributed by atoms with Gasteiger partial charge in [-0.3, -0.25) is 0 Å². The quantitative estimate of drug-likeness (QED) is 0.710. The Kier molecular flexibility index (Phi) is 1.98. The van der Waals surface area contributed by atoms with Gasteiger partial charge in [0, 0.05) is 24.1 Å². The molecule has 0 bridgehead atoms. The first kappa shape index (κ1) is 8.36. The predicted molar refractivity (Wildman–Crippen MR) is 59.9 cm³/mol. The van der Waals surface area contributed by atoms with Crippen molar-refractivity contribution in [3.8, 4) is 0 Å². The number of fused-ring (bicyclic) bond motifs is 1. The van der Waals surface area contributed by atoms with Crippen LogP contribution in [0.25, 0.3) is 5.65 Å². The maximum absolute atomic E-state index is 4.64. The molecule has 0 aliphatic carbocycles. The van der Waals surface area contributed by atoms with Crippen molar-refractivity contribution in [1.82, 2.24) is 9.38 Å². The fraction of sp³-hybridized carbons (Fsp3) is 0.364. The monoisotopic (exact) mass is 204 g/mol. The van der Waals surface area contributed by atoms with Crippen molar-refractivity contribution < 1.29 is 0 Å². The summed E-state index contributed by atoms with van der Waals surface area (Å²) in [7, 11) is 0. The Morgan fingerprint density at radius 2 is 2.43 bits per heavy atom. The number of pyridine rings is 1. The zero-order valence-electron chi connectivity index (χ0n) is 7.89. The van der Waals surface area contributed by atoms with Gasteiger partial charge in [-0.1, -0.05) is 6.07 Å². The van der Waals surface area contributed by atoms with Crippen LogP contribution < -0.4 is 0 Å². The Bertz CT molecular complexity index is 410. The third-order valence-corrected chi connectivity index (χ3v) is 3.89. The smallest absolute Gasteiger partial charge is 0.136 e. The third-order valence-electron chi connectivity index (χ3n) is 2.73. The Morgan fingerprint density at radius 1 is 1.43 bits per heavy atom. The fourth-order valence-electron chi connectivity index (χ4n) is 1.92. The number of hydrogen-bond donors (Lipinski definition) is 0. The van der Waals surface area contributed by atoms with E-state index in [-0.39, 0.29) is 0 Å². The minimum atomic E-state index is 0.680. The van der Waals surface area contributed by atoms with E-state index in [9.17, 15) is 0 Å². The van der Waals surface area contributed by atoms with E-state index in [1.165, 1.54) is 23.6 Å². The molecule has 0 amide bonds. The third kappa shape index (κ3) is 1.32. The average molecular weight is 204 g/mol. The van der Waals surface area contributed by atoms with Gasteiger partial charge < -0.3 is 4.40 Å². The molecule has 72 valence electrons. The molecule has 0 spiro atoms. The topological polar surface area (TPSA) is 17.3 Å². The second kappa shape index (κ2) is 3.31. The first-order valence-corrected chi connectivity index (χ1v) is 6.10. The van der Waals surface area contributed by atoms with E-state index in [4.69, 9.17) is 0 Å². The zero-order chi connectivity index (χ0) is 9.38. The lowest BCUT2D eigenvalue weighted by atomic mass is 10.1. The summed E-state index contributed by atoms with van der Waals surface area (Å²) in [6.45, 7) is 0. The number of aromatic nitrogens is 2. The standard InChI is InChI=1S/C11H12N2S/c1-2-5-13-7-10(12-11(13)3-1)9-4-6-14-8-9/h1-3,5,7,9H,4,6,8H2. The molecule has 0 saturated carbocycles. The van der Waals surface area contributed by atoms with Crippen LogP contribution in [0.4, 0.5) is 0 Å². The van der Waals surface area contributed by atoms with E-state index in [0.29, 0.717) is 5.92 Å². The van der Waals surface area contributed by atoms with Crippen molar-refractivity contribution >= 4 is 17.4 Å². The van der Waals surface area contributed by atoms with Crippen molar-refractivity contribution in [3.05, 3.63) is 36.3 Å². The van der Waals surface area contributed by atoms with Crippen LogP contribution in [-0.2, 0) is 0 Å². The van der Waals surface area contributed by atoms with Gasteiger partial charge in [0.15, 0.2) is 0 Å². The maximum atomic E-state index is 4.64. The Balaban J connectivity index is 2.05. The molecule has 0 aromatic carbocycles. The van der Waals surface area contributed by atoms with Crippen LogP contribution in [0, 0.1) is 0 Å². The molecule has 1 aliphatic rings. The highest BCUT2D eigenvalue weighted by molar-refractivity contribution is 7.99. The molecule has 2 aromatic heterocycles. The molecule has 14 heavy (non-hydrogen) atoms. The van der Waals surface area contributed by atoms with Gasteiger partial charge in [-0.25, -0.2) is 4.98 Å². The number of thioether (sulfide) groups is 1. The molecule has 2 aromatic rings. The number of hydrogen-bond acceptors (Lipinski definition) is 2. The molecule has 0 radical (unpaired) electrons. The average Bonchev–Trinajstić information content (AvgIpc) is 2.86. The summed E-state index contributed by atoms with van der Waals surface area (Å²) < 4.78 is 2.11. The summed E-state index contributed by atoms with van der Waals surface area (Å²) in [5.74, 6) is 3.21. The van der Waals surface area contributed by atoms with Gasteiger partial charge in [0.05, 0.1) is 5.69 Å². The molecule has 1 unspecified atom stereocenters. The van der Waals surface area contributed by atoms with Gasteiger partial charge in [0.25, 0.3) is 0 Å². The predicted octanol–water partition coefficient (Wildman–Crippen LogP) is 2.55. The first-order valence-electron chi connectivity index (χ1n) is 4.95. The van der Waals surface area contributed by atoms with Gasteiger partial charge >= 0.3 is 0 Å². The largest absolute Gasteiger partial charge is 0.307 e. The van der Waals surface area contributed by atoms with Gasteiger partial charge in [0.2, 0.25) is 0 Å². The van der Waals surface area contributed by atoms with Crippen molar-refractivity contribution in [2.75, 3.05) is 11.5 Å².